The van der Waals surface area contributed by atoms with Crippen LogP contribution in [0.2, 0.25) is 0 Å². The molecule has 0 aliphatic carbocycles. The first-order valence-corrected chi connectivity index (χ1v) is 4.05. The first-order valence-electron chi connectivity index (χ1n) is 4.05. The van der Waals surface area contributed by atoms with Crippen LogP contribution in [0.15, 0.2) is 12.1 Å². The molecule has 0 saturated heterocycles. The van der Waals surface area contributed by atoms with E-state index in [0.717, 1.165) is 23.3 Å². The van der Waals surface area contributed by atoms with Gasteiger partial charge in [-0.1, -0.05) is 6.92 Å². The van der Waals surface area contributed by atoms with Gasteiger partial charge in [0.2, 0.25) is 0 Å². The van der Waals surface area contributed by atoms with Crippen LogP contribution in [0.25, 0.3) is 0 Å². The van der Waals surface area contributed by atoms with E-state index in [1.807, 2.05) is 19.9 Å². The van der Waals surface area contributed by atoms with E-state index in [4.69, 9.17) is 4.74 Å². The Morgan fingerprint density at radius 3 is 2.58 bits per heavy atom. The summed E-state index contributed by atoms with van der Waals surface area (Å²) in [6.07, 6.45) is 0.822. The van der Waals surface area contributed by atoms with Crippen molar-refractivity contribution < 1.29 is 9.84 Å². The Morgan fingerprint density at radius 2 is 2.08 bits per heavy atom. The second-order valence-corrected chi connectivity index (χ2v) is 2.80. The van der Waals surface area contributed by atoms with Gasteiger partial charge in [0.15, 0.2) is 0 Å². The number of benzene rings is 1. The van der Waals surface area contributed by atoms with E-state index >= 15 is 0 Å². The van der Waals surface area contributed by atoms with Crippen molar-refractivity contribution >= 4 is 0 Å². The third-order valence-corrected chi connectivity index (χ3v) is 1.98. The third-order valence-electron chi connectivity index (χ3n) is 1.98. The van der Waals surface area contributed by atoms with E-state index < -0.39 is 0 Å². The molecular weight excluding hydrogens is 152 g/mol. The Bertz CT molecular complexity index is 254. The number of ether oxygens (including phenoxy) is 1. The van der Waals surface area contributed by atoms with Crippen molar-refractivity contribution in [2.75, 3.05) is 7.11 Å². The second kappa shape index (κ2) is 3.48. The minimum atomic E-state index is 0.357. The van der Waals surface area contributed by atoms with Gasteiger partial charge < -0.3 is 9.84 Å². The molecule has 0 atom stereocenters. The molecule has 1 rings (SSSR count). The van der Waals surface area contributed by atoms with Crippen LogP contribution in [0.1, 0.15) is 18.1 Å². The fourth-order valence-electron chi connectivity index (χ4n) is 1.22. The molecule has 0 saturated carbocycles. The summed E-state index contributed by atoms with van der Waals surface area (Å²) in [6, 6.07) is 3.61. The number of hydrogen-bond acceptors (Lipinski definition) is 2. The maximum absolute atomic E-state index is 9.46. The van der Waals surface area contributed by atoms with E-state index in [2.05, 4.69) is 0 Å². The summed E-state index contributed by atoms with van der Waals surface area (Å²) in [7, 11) is 1.64. The Kier molecular flexibility index (Phi) is 2.58. The quantitative estimate of drug-likeness (QED) is 0.730. The number of rotatable bonds is 2. The first kappa shape index (κ1) is 8.91. The lowest BCUT2D eigenvalue weighted by Gasteiger charge is -2.08. The molecule has 2 nitrogen and oxygen atoms in total. The lowest BCUT2D eigenvalue weighted by atomic mass is 10.1. The van der Waals surface area contributed by atoms with Crippen molar-refractivity contribution in [1.29, 1.82) is 0 Å². The van der Waals surface area contributed by atoms with Crippen LogP contribution in [0.4, 0.5) is 0 Å². The maximum atomic E-state index is 9.46. The molecule has 0 aliphatic rings. The molecule has 12 heavy (non-hydrogen) atoms. The van der Waals surface area contributed by atoms with Crippen LogP contribution < -0.4 is 4.74 Å². The molecule has 1 aromatic rings. The van der Waals surface area contributed by atoms with Gasteiger partial charge in [-0.3, -0.25) is 0 Å². The van der Waals surface area contributed by atoms with Gasteiger partial charge in [-0.15, -0.1) is 0 Å². The van der Waals surface area contributed by atoms with Crippen LogP contribution >= 0.6 is 0 Å². The van der Waals surface area contributed by atoms with Crippen LogP contribution in [0.5, 0.6) is 11.5 Å². The number of hydrogen-bond donors (Lipinski definition) is 1. The zero-order valence-electron chi connectivity index (χ0n) is 7.72. The standard InChI is InChI=1S/C10H14O2/c1-4-8-6-10(12-3)7(2)5-9(8)11/h5-6,11H,4H2,1-3H3. The Labute approximate surface area is 72.8 Å². The van der Waals surface area contributed by atoms with Crippen molar-refractivity contribution in [3.63, 3.8) is 0 Å². The van der Waals surface area contributed by atoms with Gasteiger partial charge >= 0.3 is 0 Å². The SMILES string of the molecule is CCc1cc(OC)c(C)cc1O. The van der Waals surface area contributed by atoms with Gasteiger partial charge in [-0.05, 0) is 36.6 Å². The molecular formula is C10H14O2. The zero-order chi connectivity index (χ0) is 9.14. The third kappa shape index (κ3) is 1.52. The van der Waals surface area contributed by atoms with Gasteiger partial charge in [-0.25, -0.2) is 0 Å². The van der Waals surface area contributed by atoms with E-state index in [1.165, 1.54) is 0 Å². The molecule has 0 fully saturated rings. The Hall–Kier alpha value is -1.18. The molecule has 0 amide bonds. The molecule has 0 unspecified atom stereocenters. The molecule has 2 heteroatoms. The lowest BCUT2D eigenvalue weighted by molar-refractivity contribution is 0.407. The van der Waals surface area contributed by atoms with Gasteiger partial charge in [0, 0.05) is 0 Å². The topological polar surface area (TPSA) is 29.5 Å². The smallest absolute Gasteiger partial charge is 0.122 e. The predicted molar refractivity (Wildman–Crippen MR) is 48.8 cm³/mol. The van der Waals surface area contributed by atoms with Crippen molar-refractivity contribution in [2.45, 2.75) is 20.3 Å². The molecule has 0 heterocycles. The highest BCUT2D eigenvalue weighted by Crippen LogP contribution is 2.27. The van der Waals surface area contributed by atoms with Crippen LogP contribution in [-0.2, 0) is 6.42 Å². The summed E-state index contributed by atoms with van der Waals surface area (Å²) in [5.74, 6) is 1.19. The van der Waals surface area contributed by atoms with Gasteiger partial charge in [0.05, 0.1) is 7.11 Å². The van der Waals surface area contributed by atoms with E-state index in [0.29, 0.717) is 5.75 Å². The summed E-state index contributed by atoms with van der Waals surface area (Å²) in [5.41, 5.74) is 1.89. The number of methoxy groups -OCH3 is 1. The fraction of sp³-hybridized carbons (Fsp3) is 0.400. The Morgan fingerprint density at radius 1 is 1.42 bits per heavy atom. The predicted octanol–water partition coefficient (Wildman–Crippen LogP) is 2.27. The molecule has 66 valence electrons. The molecule has 0 aromatic heterocycles. The maximum Gasteiger partial charge on any atom is 0.122 e. The van der Waals surface area contributed by atoms with E-state index in [1.54, 1.807) is 13.2 Å². The summed E-state index contributed by atoms with van der Waals surface area (Å²) >= 11 is 0. The summed E-state index contributed by atoms with van der Waals surface area (Å²) in [4.78, 5) is 0. The largest absolute Gasteiger partial charge is 0.508 e. The number of phenolic OH excluding ortho intramolecular Hbond substituents is 1. The van der Waals surface area contributed by atoms with Crippen molar-refractivity contribution in [2.24, 2.45) is 0 Å². The van der Waals surface area contributed by atoms with Crippen LogP contribution in [-0.4, -0.2) is 12.2 Å². The molecule has 0 radical (unpaired) electrons. The first-order chi connectivity index (χ1) is 5.69. The molecule has 0 aliphatic heterocycles. The molecule has 0 bridgehead atoms. The van der Waals surface area contributed by atoms with Gasteiger partial charge in [0.1, 0.15) is 11.5 Å². The van der Waals surface area contributed by atoms with Crippen molar-refractivity contribution in [3.05, 3.63) is 23.3 Å². The second-order valence-electron chi connectivity index (χ2n) is 2.80. The van der Waals surface area contributed by atoms with E-state index in [9.17, 15) is 5.11 Å². The molecule has 1 N–H and O–H groups in total. The Balaban J connectivity index is 3.18. The minimum Gasteiger partial charge on any atom is -0.508 e. The summed E-state index contributed by atoms with van der Waals surface area (Å²) < 4.78 is 5.13. The van der Waals surface area contributed by atoms with Crippen molar-refractivity contribution in [1.82, 2.24) is 0 Å². The normalized spacial score (nSPS) is 9.92. The number of aryl methyl sites for hydroxylation is 2. The number of aromatic hydroxyl groups is 1. The zero-order valence-corrected chi connectivity index (χ0v) is 7.72. The average Bonchev–Trinajstić information content (AvgIpc) is 2.05. The lowest BCUT2D eigenvalue weighted by Crippen LogP contribution is -1.90. The molecule has 0 spiro atoms. The van der Waals surface area contributed by atoms with Gasteiger partial charge in [0.25, 0.3) is 0 Å². The van der Waals surface area contributed by atoms with Gasteiger partial charge in [-0.2, -0.15) is 0 Å². The van der Waals surface area contributed by atoms with Crippen molar-refractivity contribution in [3.8, 4) is 11.5 Å². The highest BCUT2D eigenvalue weighted by atomic mass is 16.5. The minimum absolute atomic E-state index is 0.357. The average molecular weight is 166 g/mol. The van der Waals surface area contributed by atoms with Crippen LogP contribution in [0.3, 0.4) is 0 Å². The molecule has 1 aromatic carbocycles. The fourth-order valence-corrected chi connectivity index (χ4v) is 1.22. The highest BCUT2D eigenvalue weighted by molar-refractivity contribution is 5.44. The summed E-state index contributed by atoms with van der Waals surface area (Å²) in [6.45, 7) is 3.92. The summed E-state index contributed by atoms with van der Waals surface area (Å²) in [5, 5.41) is 9.46. The monoisotopic (exact) mass is 166 g/mol. The van der Waals surface area contributed by atoms with E-state index in [-0.39, 0.29) is 0 Å². The highest BCUT2D eigenvalue weighted by Gasteiger charge is 2.04. The van der Waals surface area contributed by atoms with Crippen LogP contribution in [0, 0.1) is 6.92 Å². The number of phenols is 1.